The van der Waals surface area contributed by atoms with Crippen molar-refractivity contribution in [2.24, 2.45) is 16.3 Å². The predicted molar refractivity (Wildman–Crippen MR) is 69.2 cm³/mol. The summed E-state index contributed by atoms with van der Waals surface area (Å²) in [7, 11) is 0. The largest absolute Gasteiger partial charge is 0.409 e. The van der Waals surface area contributed by atoms with Crippen LogP contribution in [0.1, 0.15) is 57.8 Å². The van der Waals surface area contributed by atoms with E-state index in [0.29, 0.717) is 17.3 Å². The third-order valence-corrected chi connectivity index (χ3v) is 4.26. The van der Waals surface area contributed by atoms with Crippen molar-refractivity contribution in [1.82, 2.24) is 5.32 Å². The monoisotopic (exact) mass is 239 g/mol. The average molecular weight is 239 g/mol. The smallest absolute Gasteiger partial charge is 0.139 e. The maximum absolute atomic E-state index is 8.62. The number of nitrogens with zero attached hydrogens (tertiary/aromatic N) is 1. The highest BCUT2D eigenvalue weighted by atomic mass is 16.4. The van der Waals surface area contributed by atoms with Crippen LogP contribution in [-0.2, 0) is 0 Å². The Morgan fingerprint density at radius 1 is 1.24 bits per heavy atom. The maximum atomic E-state index is 8.62. The van der Waals surface area contributed by atoms with Crippen LogP contribution >= 0.6 is 0 Å². The van der Waals surface area contributed by atoms with E-state index in [-0.39, 0.29) is 0 Å². The summed E-state index contributed by atoms with van der Waals surface area (Å²) in [6, 6.07) is 0.697. The van der Waals surface area contributed by atoms with Crippen molar-refractivity contribution >= 4 is 5.84 Å². The number of amidine groups is 1. The summed E-state index contributed by atoms with van der Waals surface area (Å²) in [5, 5.41) is 15.4. The van der Waals surface area contributed by atoms with Crippen LogP contribution in [0, 0.1) is 5.41 Å². The zero-order valence-electron chi connectivity index (χ0n) is 10.6. The van der Waals surface area contributed by atoms with Crippen LogP contribution < -0.4 is 11.1 Å². The third-order valence-electron chi connectivity index (χ3n) is 4.26. The first kappa shape index (κ1) is 12.7. The molecule has 0 atom stereocenters. The molecule has 4 nitrogen and oxygen atoms in total. The number of nitrogens with two attached hydrogens (primary N) is 1. The van der Waals surface area contributed by atoms with Gasteiger partial charge >= 0.3 is 0 Å². The van der Waals surface area contributed by atoms with Crippen LogP contribution in [0.15, 0.2) is 5.16 Å². The SMILES string of the molecule is NC(CC1(CNC2CCCCCC2)CC1)=NO. The number of oxime groups is 1. The van der Waals surface area contributed by atoms with Gasteiger partial charge in [0.1, 0.15) is 5.84 Å². The first-order chi connectivity index (χ1) is 8.24. The highest BCUT2D eigenvalue weighted by molar-refractivity contribution is 5.80. The summed E-state index contributed by atoms with van der Waals surface area (Å²) >= 11 is 0. The molecule has 4 N–H and O–H groups in total. The molecule has 0 bridgehead atoms. The van der Waals surface area contributed by atoms with Crippen LogP contribution in [0.3, 0.4) is 0 Å². The van der Waals surface area contributed by atoms with Gasteiger partial charge in [-0.15, -0.1) is 0 Å². The molecule has 0 aromatic rings. The molecule has 0 heterocycles. The molecule has 0 unspecified atom stereocenters. The molecular weight excluding hydrogens is 214 g/mol. The summed E-state index contributed by atoms with van der Waals surface area (Å²) in [6.07, 6.45) is 11.3. The van der Waals surface area contributed by atoms with E-state index in [2.05, 4.69) is 10.5 Å². The lowest BCUT2D eigenvalue weighted by Crippen LogP contribution is -2.35. The zero-order chi connectivity index (χ0) is 12.1. The standard InChI is InChI=1S/C13H25N3O/c14-12(16-17)9-13(7-8-13)10-15-11-5-3-1-2-4-6-11/h11,15,17H,1-10H2,(H2,14,16). The second-order valence-electron chi connectivity index (χ2n) is 5.84. The highest BCUT2D eigenvalue weighted by Gasteiger charge is 2.43. The lowest BCUT2D eigenvalue weighted by molar-refractivity contribution is 0.313. The Kier molecular flexibility index (Phi) is 4.26. The first-order valence-corrected chi connectivity index (χ1v) is 6.94. The van der Waals surface area contributed by atoms with Gasteiger partial charge < -0.3 is 16.3 Å². The Morgan fingerprint density at radius 2 is 1.88 bits per heavy atom. The summed E-state index contributed by atoms with van der Waals surface area (Å²) in [5.41, 5.74) is 5.90. The van der Waals surface area contributed by atoms with Gasteiger partial charge in [-0.05, 0) is 31.1 Å². The van der Waals surface area contributed by atoms with Crippen LogP contribution in [-0.4, -0.2) is 23.6 Å². The molecule has 0 aromatic carbocycles. The molecule has 2 rings (SSSR count). The number of nitrogens with one attached hydrogen (secondary N) is 1. The van der Waals surface area contributed by atoms with Crippen molar-refractivity contribution in [2.75, 3.05) is 6.54 Å². The van der Waals surface area contributed by atoms with Gasteiger partial charge in [-0.2, -0.15) is 0 Å². The normalized spacial score (nSPS) is 25.5. The first-order valence-electron chi connectivity index (χ1n) is 6.94. The zero-order valence-corrected chi connectivity index (χ0v) is 10.6. The van der Waals surface area contributed by atoms with E-state index >= 15 is 0 Å². The Labute approximate surface area is 104 Å². The van der Waals surface area contributed by atoms with Crippen LogP contribution in [0.4, 0.5) is 0 Å². The fourth-order valence-electron chi connectivity index (χ4n) is 2.86. The minimum absolute atomic E-state index is 0.294. The molecule has 2 aliphatic carbocycles. The Morgan fingerprint density at radius 3 is 2.41 bits per heavy atom. The summed E-state index contributed by atoms with van der Waals surface area (Å²) < 4.78 is 0. The molecule has 2 fully saturated rings. The molecule has 0 saturated heterocycles. The molecule has 0 aromatic heterocycles. The molecule has 0 amide bonds. The van der Waals surface area contributed by atoms with E-state index in [1.807, 2.05) is 0 Å². The molecule has 17 heavy (non-hydrogen) atoms. The lowest BCUT2D eigenvalue weighted by Gasteiger charge is -2.21. The van der Waals surface area contributed by atoms with E-state index < -0.39 is 0 Å². The topological polar surface area (TPSA) is 70.6 Å². The van der Waals surface area contributed by atoms with Gasteiger partial charge in [0.25, 0.3) is 0 Å². The van der Waals surface area contributed by atoms with E-state index in [9.17, 15) is 0 Å². The molecule has 4 heteroatoms. The van der Waals surface area contributed by atoms with Gasteiger partial charge in [0.05, 0.1) is 0 Å². The minimum Gasteiger partial charge on any atom is -0.409 e. The van der Waals surface area contributed by atoms with Crippen molar-refractivity contribution in [1.29, 1.82) is 0 Å². The van der Waals surface area contributed by atoms with Gasteiger partial charge in [0.2, 0.25) is 0 Å². The molecule has 0 radical (unpaired) electrons. The molecule has 98 valence electrons. The summed E-state index contributed by atoms with van der Waals surface area (Å²) in [5.74, 6) is 0.380. The van der Waals surface area contributed by atoms with E-state index in [0.717, 1.165) is 13.0 Å². The fraction of sp³-hybridized carbons (Fsp3) is 0.923. The van der Waals surface area contributed by atoms with E-state index in [1.54, 1.807) is 0 Å². The Balaban J connectivity index is 1.73. The average Bonchev–Trinajstić information content (AvgIpc) is 3.11. The lowest BCUT2D eigenvalue weighted by atomic mass is 10.0. The highest BCUT2D eigenvalue weighted by Crippen LogP contribution is 2.48. The third kappa shape index (κ3) is 3.87. The van der Waals surface area contributed by atoms with E-state index in [1.165, 1.54) is 51.4 Å². The van der Waals surface area contributed by atoms with E-state index in [4.69, 9.17) is 10.9 Å². The fourth-order valence-corrected chi connectivity index (χ4v) is 2.86. The Hall–Kier alpha value is -0.770. The molecular formula is C13H25N3O. The molecule has 2 saturated carbocycles. The number of hydrogen-bond acceptors (Lipinski definition) is 3. The van der Waals surface area contributed by atoms with Crippen LogP contribution in [0.25, 0.3) is 0 Å². The number of hydrogen-bond donors (Lipinski definition) is 3. The van der Waals surface area contributed by atoms with Crippen LogP contribution in [0.2, 0.25) is 0 Å². The van der Waals surface area contributed by atoms with Gasteiger partial charge in [-0.3, -0.25) is 0 Å². The van der Waals surface area contributed by atoms with Gasteiger partial charge in [-0.1, -0.05) is 30.8 Å². The van der Waals surface area contributed by atoms with Crippen LogP contribution in [0.5, 0.6) is 0 Å². The van der Waals surface area contributed by atoms with Gasteiger partial charge in [0.15, 0.2) is 0 Å². The van der Waals surface area contributed by atoms with Crippen molar-refractivity contribution in [2.45, 2.75) is 63.8 Å². The quantitative estimate of drug-likeness (QED) is 0.226. The summed E-state index contributed by atoms with van der Waals surface area (Å²) in [6.45, 7) is 1.04. The minimum atomic E-state index is 0.294. The van der Waals surface area contributed by atoms with Crippen molar-refractivity contribution < 1.29 is 5.21 Å². The molecule has 2 aliphatic rings. The van der Waals surface area contributed by atoms with Crippen molar-refractivity contribution in [3.63, 3.8) is 0 Å². The molecule has 0 aliphatic heterocycles. The van der Waals surface area contributed by atoms with Crippen molar-refractivity contribution in [3.8, 4) is 0 Å². The summed E-state index contributed by atoms with van der Waals surface area (Å²) in [4.78, 5) is 0. The van der Waals surface area contributed by atoms with Gasteiger partial charge in [-0.25, -0.2) is 0 Å². The van der Waals surface area contributed by atoms with Gasteiger partial charge in [0, 0.05) is 19.0 Å². The maximum Gasteiger partial charge on any atom is 0.139 e. The second-order valence-corrected chi connectivity index (χ2v) is 5.84. The van der Waals surface area contributed by atoms with Crippen molar-refractivity contribution in [3.05, 3.63) is 0 Å². The Bertz CT molecular complexity index is 266. The second kappa shape index (κ2) is 5.71. The molecule has 0 spiro atoms. The number of rotatable bonds is 5. The predicted octanol–water partition coefficient (Wildman–Crippen LogP) is 2.22.